The molecule has 17 heavy (non-hydrogen) atoms. The van der Waals surface area contributed by atoms with Crippen LogP contribution < -0.4 is 15.4 Å². The van der Waals surface area contributed by atoms with Gasteiger partial charge in [0.1, 0.15) is 11.9 Å². The molecule has 0 spiro atoms. The lowest BCUT2D eigenvalue weighted by molar-refractivity contribution is -0.128. The van der Waals surface area contributed by atoms with Crippen molar-refractivity contribution < 1.29 is 14.3 Å². The number of carbonyl (C=O) groups is 1. The van der Waals surface area contributed by atoms with E-state index in [2.05, 4.69) is 10.6 Å². The molecule has 1 aliphatic heterocycles. The monoisotopic (exact) mass is 236 g/mol. The van der Waals surface area contributed by atoms with Gasteiger partial charge in [0.05, 0.1) is 13.7 Å². The molecule has 1 amide bonds. The summed E-state index contributed by atoms with van der Waals surface area (Å²) in [6.45, 7) is 1.91. The number of ether oxygens (including phenoxy) is 2. The van der Waals surface area contributed by atoms with Gasteiger partial charge in [0.25, 0.3) is 5.91 Å². The molecule has 5 nitrogen and oxygen atoms in total. The molecule has 1 atom stereocenters. The number of anilines is 1. The second-order valence-electron chi connectivity index (χ2n) is 3.78. The summed E-state index contributed by atoms with van der Waals surface area (Å²) in [7, 11) is 1.59. The highest BCUT2D eigenvalue weighted by atomic mass is 16.5. The number of carbonyl (C=O) groups excluding carboxylic acids is 1. The predicted octanol–water partition coefficient (Wildman–Crippen LogP) is 0.622. The highest BCUT2D eigenvalue weighted by Crippen LogP contribution is 2.17. The van der Waals surface area contributed by atoms with Gasteiger partial charge in [-0.25, -0.2) is 0 Å². The van der Waals surface area contributed by atoms with Gasteiger partial charge in [-0.15, -0.1) is 0 Å². The first-order chi connectivity index (χ1) is 8.29. The van der Waals surface area contributed by atoms with Crippen molar-refractivity contribution in [2.24, 2.45) is 0 Å². The maximum atomic E-state index is 11.9. The van der Waals surface area contributed by atoms with Crippen LogP contribution in [-0.4, -0.2) is 38.8 Å². The molecule has 0 radical (unpaired) electrons. The van der Waals surface area contributed by atoms with Gasteiger partial charge in [-0.05, 0) is 12.1 Å². The molecule has 5 heteroatoms. The molecule has 1 aromatic carbocycles. The molecule has 1 aromatic rings. The molecule has 1 aliphatic rings. The van der Waals surface area contributed by atoms with Crippen molar-refractivity contribution >= 4 is 11.6 Å². The van der Waals surface area contributed by atoms with E-state index in [1.165, 1.54) is 0 Å². The summed E-state index contributed by atoms with van der Waals surface area (Å²) >= 11 is 0. The molecule has 2 N–H and O–H groups in total. The Morgan fingerprint density at radius 3 is 3.18 bits per heavy atom. The highest BCUT2D eigenvalue weighted by molar-refractivity contribution is 5.94. The van der Waals surface area contributed by atoms with Crippen LogP contribution in [0.1, 0.15) is 0 Å². The number of amides is 1. The largest absolute Gasteiger partial charge is 0.497 e. The van der Waals surface area contributed by atoms with Gasteiger partial charge in [0.2, 0.25) is 0 Å². The summed E-state index contributed by atoms with van der Waals surface area (Å²) < 4.78 is 10.4. The maximum absolute atomic E-state index is 11.9. The SMILES string of the molecule is COc1cccc(NC(=O)C2CNCCO2)c1. The molecule has 0 bridgehead atoms. The molecular weight excluding hydrogens is 220 g/mol. The number of morpholine rings is 1. The van der Waals surface area contributed by atoms with Gasteiger partial charge in [-0.1, -0.05) is 6.07 Å². The smallest absolute Gasteiger partial charge is 0.254 e. The van der Waals surface area contributed by atoms with Crippen LogP contribution in [0, 0.1) is 0 Å². The van der Waals surface area contributed by atoms with Crippen LogP contribution in [0.3, 0.4) is 0 Å². The summed E-state index contributed by atoms with van der Waals surface area (Å²) in [6.07, 6.45) is -0.421. The molecule has 0 saturated carbocycles. The molecule has 1 heterocycles. The highest BCUT2D eigenvalue weighted by Gasteiger charge is 2.21. The molecule has 0 aromatic heterocycles. The predicted molar refractivity (Wildman–Crippen MR) is 64.2 cm³/mol. The van der Waals surface area contributed by atoms with Crippen LogP contribution in [0.4, 0.5) is 5.69 Å². The Morgan fingerprint density at radius 2 is 2.47 bits per heavy atom. The summed E-state index contributed by atoms with van der Waals surface area (Å²) in [4.78, 5) is 11.9. The van der Waals surface area contributed by atoms with Crippen LogP contribution >= 0.6 is 0 Å². The number of rotatable bonds is 3. The van der Waals surface area contributed by atoms with Gasteiger partial charge < -0.3 is 20.1 Å². The van der Waals surface area contributed by atoms with E-state index in [0.717, 1.165) is 6.54 Å². The molecule has 1 saturated heterocycles. The van der Waals surface area contributed by atoms with Crippen LogP contribution in [0.5, 0.6) is 5.75 Å². The normalized spacial score (nSPS) is 19.7. The van der Waals surface area contributed by atoms with Crippen molar-refractivity contribution in [3.05, 3.63) is 24.3 Å². The van der Waals surface area contributed by atoms with E-state index in [0.29, 0.717) is 24.6 Å². The Bertz CT molecular complexity index is 389. The van der Waals surface area contributed by atoms with Crippen molar-refractivity contribution in [1.82, 2.24) is 5.32 Å². The van der Waals surface area contributed by atoms with Gasteiger partial charge in [-0.3, -0.25) is 4.79 Å². The van der Waals surface area contributed by atoms with Crippen LogP contribution in [-0.2, 0) is 9.53 Å². The Morgan fingerprint density at radius 1 is 1.59 bits per heavy atom. The van der Waals surface area contributed by atoms with E-state index in [1.54, 1.807) is 13.2 Å². The van der Waals surface area contributed by atoms with Gasteiger partial charge in [0, 0.05) is 24.8 Å². The zero-order chi connectivity index (χ0) is 12.1. The van der Waals surface area contributed by atoms with Crippen molar-refractivity contribution in [1.29, 1.82) is 0 Å². The van der Waals surface area contributed by atoms with E-state index < -0.39 is 6.10 Å². The van der Waals surface area contributed by atoms with E-state index in [1.807, 2.05) is 18.2 Å². The molecule has 0 aliphatic carbocycles. The van der Waals surface area contributed by atoms with E-state index in [-0.39, 0.29) is 5.91 Å². The summed E-state index contributed by atoms with van der Waals surface area (Å²) in [6, 6.07) is 7.24. The number of methoxy groups -OCH3 is 1. The lowest BCUT2D eigenvalue weighted by atomic mass is 10.2. The fourth-order valence-corrected chi connectivity index (χ4v) is 1.66. The van der Waals surface area contributed by atoms with Gasteiger partial charge in [0.15, 0.2) is 0 Å². The van der Waals surface area contributed by atoms with Gasteiger partial charge >= 0.3 is 0 Å². The fraction of sp³-hybridized carbons (Fsp3) is 0.417. The minimum atomic E-state index is -0.421. The van der Waals surface area contributed by atoms with Crippen molar-refractivity contribution in [2.75, 3.05) is 32.1 Å². The third-order valence-corrected chi connectivity index (χ3v) is 2.56. The molecule has 92 valence electrons. The Balaban J connectivity index is 1.96. The van der Waals surface area contributed by atoms with Crippen LogP contribution in [0.15, 0.2) is 24.3 Å². The first-order valence-electron chi connectivity index (χ1n) is 5.57. The van der Waals surface area contributed by atoms with E-state index in [9.17, 15) is 4.79 Å². The Kier molecular flexibility index (Phi) is 3.95. The minimum Gasteiger partial charge on any atom is -0.497 e. The quantitative estimate of drug-likeness (QED) is 0.808. The van der Waals surface area contributed by atoms with E-state index in [4.69, 9.17) is 9.47 Å². The van der Waals surface area contributed by atoms with Crippen molar-refractivity contribution in [2.45, 2.75) is 6.10 Å². The molecule has 1 fully saturated rings. The summed E-state index contributed by atoms with van der Waals surface area (Å²) in [5.74, 6) is 0.580. The molecular formula is C12H16N2O3. The van der Waals surface area contributed by atoms with Crippen LogP contribution in [0.2, 0.25) is 0 Å². The first kappa shape index (κ1) is 11.9. The topological polar surface area (TPSA) is 59.6 Å². The molecule has 1 unspecified atom stereocenters. The third-order valence-electron chi connectivity index (χ3n) is 2.56. The standard InChI is InChI=1S/C12H16N2O3/c1-16-10-4-2-3-9(7-10)14-12(15)11-8-13-5-6-17-11/h2-4,7,11,13H,5-6,8H2,1H3,(H,14,15). The summed E-state index contributed by atoms with van der Waals surface area (Å²) in [5, 5.41) is 5.92. The number of benzene rings is 1. The number of nitrogens with one attached hydrogen (secondary N) is 2. The van der Waals surface area contributed by atoms with Crippen molar-refractivity contribution in [3.63, 3.8) is 0 Å². The first-order valence-corrected chi connectivity index (χ1v) is 5.57. The van der Waals surface area contributed by atoms with Crippen molar-refractivity contribution in [3.8, 4) is 5.75 Å². The fourth-order valence-electron chi connectivity index (χ4n) is 1.66. The van der Waals surface area contributed by atoms with Crippen LogP contribution in [0.25, 0.3) is 0 Å². The summed E-state index contributed by atoms with van der Waals surface area (Å²) in [5.41, 5.74) is 0.712. The Hall–Kier alpha value is -1.59. The Labute approximate surface area is 100 Å². The van der Waals surface area contributed by atoms with E-state index >= 15 is 0 Å². The third kappa shape index (κ3) is 3.18. The number of hydrogen-bond acceptors (Lipinski definition) is 4. The average molecular weight is 236 g/mol. The zero-order valence-electron chi connectivity index (χ0n) is 9.73. The number of hydrogen-bond donors (Lipinski definition) is 2. The lowest BCUT2D eigenvalue weighted by Crippen LogP contribution is -2.45. The zero-order valence-corrected chi connectivity index (χ0v) is 9.73. The maximum Gasteiger partial charge on any atom is 0.254 e. The average Bonchev–Trinajstić information content (AvgIpc) is 2.40. The lowest BCUT2D eigenvalue weighted by Gasteiger charge is -2.22. The molecule has 2 rings (SSSR count). The minimum absolute atomic E-state index is 0.134. The second kappa shape index (κ2) is 5.65. The van der Waals surface area contributed by atoms with Gasteiger partial charge in [-0.2, -0.15) is 0 Å². The second-order valence-corrected chi connectivity index (χ2v) is 3.78.